The molecule has 0 spiro atoms. The fourth-order valence-corrected chi connectivity index (χ4v) is 3.14. The molecular formula is C23H25N9O. The maximum atomic E-state index is 5.24. The number of rotatable bonds is 9. The van der Waals surface area contributed by atoms with E-state index in [1.54, 1.807) is 44.3 Å². The average molecular weight is 444 g/mol. The third-order valence-corrected chi connectivity index (χ3v) is 4.86. The van der Waals surface area contributed by atoms with Crippen LogP contribution in [0.2, 0.25) is 0 Å². The van der Waals surface area contributed by atoms with E-state index in [1.807, 2.05) is 54.2 Å². The van der Waals surface area contributed by atoms with Gasteiger partial charge in [-0.15, -0.1) is 0 Å². The summed E-state index contributed by atoms with van der Waals surface area (Å²) in [6, 6.07) is 9.54. The number of methoxy groups -OCH3 is 1. The van der Waals surface area contributed by atoms with Crippen LogP contribution in [0.3, 0.4) is 0 Å². The molecule has 4 aromatic rings. The van der Waals surface area contributed by atoms with Crippen molar-refractivity contribution in [1.29, 1.82) is 0 Å². The summed E-state index contributed by atoms with van der Waals surface area (Å²) in [4.78, 5) is 30.5. The monoisotopic (exact) mass is 443 g/mol. The molecule has 0 aliphatic heterocycles. The Morgan fingerprint density at radius 3 is 1.79 bits per heavy atom. The minimum absolute atomic E-state index is 0.477. The fraction of sp³-hybridized carbons (Fsp3) is 0.217. The van der Waals surface area contributed by atoms with Crippen molar-refractivity contribution in [2.75, 3.05) is 36.3 Å². The van der Waals surface area contributed by atoms with Gasteiger partial charge >= 0.3 is 0 Å². The lowest BCUT2D eigenvalue weighted by atomic mass is 10.3. The summed E-state index contributed by atoms with van der Waals surface area (Å²) in [7, 11) is 5.56. The van der Waals surface area contributed by atoms with Crippen LogP contribution in [-0.4, -0.2) is 51.1 Å². The third-order valence-electron chi connectivity index (χ3n) is 4.86. The summed E-state index contributed by atoms with van der Waals surface area (Å²) in [6.07, 6.45) is 10.2. The average Bonchev–Trinajstić information content (AvgIpc) is 2.85. The molecule has 0 atom stereocenters. The molecule has 3 aromatic heterocycles. The molecule has 33 heavy (non-hydrogen) atoms. The summed E-state index contributed by atoms with van der Waals surface area (Å²) in [5, 5.41) is 3.29. The van der Waals surface area contributed by atoms with Crippen LogP contribution in [-0.2, 0) is 13.1 Å². The molecule has 4 rings (SSSR count). The Hall–Kier alpha value is -4.34. The first-order valence-corrected chi connectivity index (χ1v) is 10.3. The highest BCUT2D eigenvalue weighted by molar-refractivity contribution is 5.60. The van der Waals surface area contributed by atoms with Crippen molar-refractivity contribution in [3.05, 3.63) is 78.9 Å². The van der Waals surface area contributed by atoms with Gasteiger partial charge in [0.15, 0.2) is 0 Å². The lowest BCUT2D eigenvalue weighted by molar-refractivity contribution is 0.415. The van der Waals surface area contributed by atoms with Gasteiger partial charge in [-0.1, -0.05) is 0 Å². The van der Waals surface area contributed by atoms with Gasteiger partial charge < -0.3 is 19.9 Å². The van der Waals surface area contributed by atoms with Crippen LogP contribution < -0.4 is 19.9 Å². The highest BCUT2D eigenvalue weighted by atomic mass is 16.5. The van der Waals surface area contributed by atoms with E-state index in [2.05, 4.69) is 25.3 Å². The Balaban J connectivity index is 1.62. The van der Waals surface area contributed by atoms with Crippen molar-refractivity contribution in [1.82, 2.24) is 29.9 Å². The zero-order valence-corrected chi connectivity index (χ0v) is 18.8. The van der Waals surface area contributed by atoms with E-state index in [4.69, 9.17) is 14.7 Å². The van der Waals surface area contributed by atoms with Crippen molar-refractivity contribution < 1.29 is 4.74 Å². The van der Waals surface area contributed by atoms with Crippen LogP contribution in [0, 0.1) is 0 Å². The second kappa shape index (κ2) is 10.3. The quantitative estimate of drug-likeness (QED) is 0.415. The van der Waals surface area contributed by atoms with E-state index in [0.29, 0.717) is 19.0 Å². The van der Waals surface area contributed by atoms with Crippen LogP contribution in [0.4, 0.5) is 23.3 Å². The standard InChI is InChI=1S/C23H25N9O/c1-31(15-18-13-24-8-10-26-18)21-12-22(32(2)16-19-14-25-9-11-27-19)30-23(29-21)28-17-4-6-20(33-3)7-5-17/h4-14H,15-16H2,1-3H3,(H,28,29,30). The van der Waals surface area contributed by atoms with Gasteiger partial charge in [0, 0.05) is 50.6 Å². The molecule has 0 fully saturated rings. The van der Waals surface area contributed by atoms with Gasteiger partial charge in [0.05, 0.1) is 44.0 Å². The molecule has 3 heterocycles. The van der Waals surface area contributed by atoms with Crippen molar-refractivity contribution in [3.8, 4) is 5.75 Å². The number of ether oxygens (including phenoxy) is 1. The number of benzene rings is 1. The molecular weight excluding hydrogens is 418 g/mol. The highest BCUT2D eigenvalue weighted by Gasteiger charge is 2.14. The lowest BCUT2D eigenvalue weighted by Gasteiger charge is -2.23. The van der Waals surface area contributed by atoms with E-state index in [9.17, 15) is 0 Å². The van der Waals surface area contributed by atoms with Crippen LogP contribution in [0.15, 0.2) is 67.5 Å². The summed E-state index contributed by atoms with van der Waals surface area (Å²) in [5.41, 5.74) is 2.54. The minimum Gasteiger partial charge on any atom is -0.497 e. The number of hydrogen-bond donors (Lipinski definition) is 1. The molecule has 0 radical (unpaired) electrons. The predicted molar refractivity (Wildman–Crippen MR) is 127 cm³/mol. The first-order chi connectivity index (χ1) is 16.1. The fourth-order valence-electron chi connectivity index (χ4n) is 3.14. The van der Waals surface area contributed by atoms with Crippen LogP contribution >= 0.6 is 0 Å². The lowest BCUT2D eigenvalue weighted by Crippen LogP contribution is -2.23. The van der Waals surface area contributed by atoms with Crippen LogP contribution in [0.5, 0.6) is 5.75 Å². The van der Waals surface area contributed by atoms with Crippen molar-refractivity contribution in [2.24, 2.45) is 0 Å². The number of nitrogens with zero attached hydrogens (tertiary/aromatic N) is 8. The highest BCUT2D eigenvalue weighted by Crippen LogP contribution is 2.24. The van der Waals surface area contributed by atoms with Crippen molar-refractivity contribution >= 4 is 23.3 Å². The zero-order valence-electron chi connectivity index (χ0n) is 18.8. The summed E-state index contributed by atoms with van der Waals surface area (Å²) >= 11 is 0. The largest absolute Gasteiger partial charge is 0.497 e. The van der Waals surface area contributed by atoms with E-state index >= 15 is 0 Å². The predicted octanol–water partition coefficient (Wildman–Crippen LogP) is 3.08. The first-order valence-electron chi connectivity index (χ1n) is 10.3. The normalized spacial score (nSPS) is 10.5. The number of anilines is 4. The van der Waals surface area contributed by atoms with Crippen molar-refractivity contribution in [2.45, 2.75) is 13.1 Å². The Labute approximate surface area is 192 Å². The molecule has 0 bridgehead atoms. The summed E-state index contributed by atoms with van der Waals surface area (Å²) in [6.45, 7) is 1.11. The molecule has 1 N–H and O–H groups in total. The first kappa shape index (κ1) is 21.9. The Bertz CT molecular complexity index is 1090. The Morgan fingerprint density at radius 2 is 1.33 bits per heavy atom. The molecule has 0 aliphatic rings. The van der Waals surface area contributed by atoms with Crippen LogP contribution in [0.25, 0.3) is 0 Å². The van der Waals surface area contributed by atoms with Crippen LogP contribution in [0.1, 0.15) is 11.4 Å². The number of aromatic nitrogens is 6. The molecule has 0 amide bonds. The summed E-state index contributed by atoms with van der Waals surface area (Å²) in [5.74, 6) is 2.74. The smallest absolute Gasteiger partial charge is 0.231 e. The van der Waals surface area contributed by atoms with Gasteiger partial charge in [0.2, 0.25) is 5.95 Å². The molecule has 10 heteroatoms. The van der Waals surface area contributed by atoms with Gasteiger partial charge in [0.1, 0.15) is 17.4 Å². The van der Waals surface area contributed by atoms with E-state index in [1.165, 1.54) is 0 Å². The van der Waals surface area contributed by atoms with Gasteiger partial charge in [-0.05, 0) is 24.3 Å². The molecule has 0 aliphatic carbocycles. The number of nitrogens with one attached hydrogen (secondary N) is 1. The van der Waals surface area contributed by atoms with E-state index in [0.717, 1.165) is 34.5 Å². The molecule has 0 saturated carbocycles. The van der Waals surface area contributed by atoms with E-state index < -0.39 is 0 Å². The Kier molecular flexibility index (Phi) is 6.84. The maximum Gasteiger partial charge on any atom is 0.231 e. The molecule has 1 aromatic carbocycles. The van der Waals surface area contributed by atoms with Gasteiger partial charge in [-0.25, -0.2) is 0 Å². The SMILES string of the molecule is COc1ccc(Nc2nc(N(C)Cc3cnccn3)cc(N(C)Cc3cnccn3)n2)cc1. The molecule has 0 unspecified atom stereocenters. The third kappa shape index (κ3) is 5.88. The minimum atomic E-state index is 0.477. The van der Waals surface area contributed by atoms with Gasteiger partial charge in [-0.2, -0.15) is 9.97 Å². The van der Waals surface area contributed by atoms with Crippen molar-refractivity contribution in [3.63, 3.8) is 0 Å². The topological polar surface area (TPSA) is 105 Å². The molecule has 168 valence electrons. The molecule has 0 saturated heterocycles. The van der Waals surface area contributed by atoms with Gasteiger partial charge in [-0.3, -0.25) is 19.9 Å². The van der Waals surface area contributed by atoms with E-state index in [-0.39, 0.29) is 0 Å². The summed E-state index contributed by atoms with van der Waals surface area (Å²) < 4.78 is 5.24. The second-order valence-corrected chi connectivity index (χ2v) is 7.37. The zero-order chi connectivity index (χ0) is 23.0. The maximum absolute atomic E-state index is 5.24. The molecule has 10 nitrogen and oxygen atoms in total. The Morgan fingerprint density at radius 1 is 0.788 bits per heavy atom. The second-order valence-electron chi connectivity index (χ2n) is 7.37. The number of hydrogen-bond acceptors (Lipinski definition) is 10. The van der Waals surface area contributed by atoms with Gasteiger partial charge in [0.25, 0.3) is 0 Å².